The van der Waals surface area contributed by atoms with E-state index in [1.165, 1.54) is 11.6 Å². The van der Waals surface area contributed by atoms with Crippen LogP contribution < -0.4 is 20.9 Å². The number of hydrogen-bond donors (Lipinski definition) is 1. The molecule has 0 bridgehead atoms. The van der Waals surface area contributed by atoms with Crippen LogP contribution in [0.15, 0.2) is 33.9 Å². The van der Waals surface area contributed by atoms with E-state index in [1.807, 2.05) is 31.2 Å². The maximum Gasteiger partial charge on any atom is 0.332 e. The lowest BCUT2D eigenvalue weighted by Gasteiger charge is -2.20. The van der Waals surface area contributed by atoms with Crippen molar-refractivity contribution in [1.82, 2.24) is 18.7 Å². The number of aliphatic hydroxyl groups excluding tert-OH is 1. The van der Waals surface area contributed by atoms with Crippen LogP contribution in [0.2, 0.25) is 0 Å². The fourth-order valence-electron chi connectivity index (χ4n) is 3.93. The molecule has 0 aliphatic carbocycles. The summed E-state index contributed by atoms with van der Waals surface area (Å²) in [5, 5.41) is 10.7. The average Bonchev–Trinajstić information content (AvgIpc) is 3.37. The monoisotopic (exact) mass is 413 g/mol. The van der Waals surface area contributed by atoms with Gasteiger partial charge in [-0.15, -0.1) is 0 Å². The smallest absolute Gasteiger partial charge is 0.332 e. The molecule has 9 nitrogen and oxygen atoms in total. The number of aliphatic hydroxyl groups is 1. The highest BCUT2D eigenvalue weighted by Gasteiger charge is 2.25. The van der Waals surface area contributed by atoms with Gasteiger partial charge in [0.1, 0.15) is 18.5 Å². The van der Waals surface area contributed by atoms with Gasteiger partial charge in [0.2, 0.25) is 5.95 Å². The molecule has 0 amide bonds. The van der Waals surface area contributed by atoms with Gasteiger partial charge in [-0.3, -0.25) is 13.9 Å². The third kappa shape index (κ3) is 3.60. The van der Waals surface area contributed by atoms with Crippen LogP contribution >= 0.6 is 0 Å². The summed E-state index contributed by atoms with van der Waals surface area (Å²) in [5.74, 6) is 1.29. The summed E-state index contributed by atoms with van der Waals surface area (Å²) >= 11 is 0. The lowest BCUT2D eigenvalue weighted by atomic mass is 10.2. The Bertz CT molecular complexity index is 1190. The van der Waals surface area contributed by atoms with Crippen molar-refractivity contribution < 1.29 is 9.84 Å². The molecule has 1 aliphatic rings. The fraction of sp³-hybridized carbons (Fsp3) is 0.476. The van der Waals surface area contributed by atoms with E-state index in [0.29, 0.717) is 22.9 Å². The van der Waals surface area contributed by atoms with E-state index < -0.39 is 17.4 Å². The zero-order valence-corrected chi connectivity index (χ0v) is 17.5. The number of rotatable bonds is 6. The number of fused-ring (bicyclic) bond motifs is 1. The largest absolute Gasteiger partial charge is 0.491 e. The first-order valence-electron chi connectivity index (χ1n) is 10.2. The highest BCUT2D eigenvalue weighted by atomic mass is 16.5. The van der Waals surface area contributed by atoms with E-state index in [9.17, 15) is 14.7 Å². The summed E-state index contributed by atoms with van der Waals surface area (Å²) in [6, 6.07) is 7.62. The summed E-state index contributed by atoms with van der Waals surface area (Å²) in [4.78, 5) is 32.0. The molecule has 3 aromatic rings. The first kappa shape index (κ1) is 20.2. The topological polar surface area (TPSA) is 94.5 Å². The predicted molar refractivity (Wildman–Crippen MR) is 114 cm³/mol. The lowest BCUT2D eigenvalue weighted by Crippen LogP contribution is -2.38. The van der Waals surface area contributed by atoms with Crippen LogP contribution in [-0.4, -0.2) is 49.6 Å². The Kier molecular flexibility index (Phi) is 5.38. The van der Waals surface area contributed by atoms with E-state index in [1.54, 1.807) is 11.6 Å². The van der Waals surface area contributed by atoms with Crippen molar-refractivity contribution in [3.8, 4) is 5.75 Å². The zero-order valence-electron chi connectivity index (χ0n) is 17.5. The molecule has 1 N–H and O–H groups in total. The molecule has 0 radical (unpaired) electrons. The van der Waals surface area contributed by atoms with Crippen molar-refractivity contribution in [3.05, 3.63) is 50.7 Å². The maximum absolute atomic E-state index is 12.9. The van der Waals surface area contributed by atoms with Gasteiger partial charge in [0, 0.05) is 27.2 Å². The molecule has 1 aromatic carbocycles. The van der Waals surface area contributed by atoms with Crippen LogP contribution in [0.25, 0.3) is 11.2 Å². The Hall–Kier alpha value is -3.07. The van der Waals surface area contributed by atoms with Crippen LogP contribution in [0.5, 0.6) is 5.75 Å². The van der Waals surface area contributed by atoms with Gasteiger partial charge in [-0.1, -0.05) is 12.1 Å². The molecule has 3 heterocycles. The molecular weight excluding hydrogens is 386 g/mol. The Balaban J connectivity index is 1.70. The number of aromatic nitrogens is 4. The molecule has 1 fully saturated rings. The van der Waals surface area contributed by atoms with Gasteiger partial charge in [0.25, 0.3) is 5.56 Å². The summed E-state index contributed by atoms with van der Waals surface area (Å²) in [6.07, 6.45) is 1.23. The van der Waals surface area contributed by atoms with E-state index >= 15 is 0 Å². The van der Waals surface area contributed by atoms with E-state index in [-0.39, 0.29) is 13.2 Å². The number of anilines is 1. The molecule has 0 spiro atoms. The van der Waals surface area contributed by atoms with Crippen molar-refractivity contribution in [2.45, 2.75) is 32.4 Å². The first-order chi connectivity index (χ1) is 14.4. The van der Waals surface area contributed by atoms with Gasteiger partial charge in [-0.05, 0) is 37.5 Å². The molecule has 1 atom stereocenters. The third-order valence-electron chi connectivity index (χ3n) is 5.54. The normalized spacial score (nSPS) is 15.1. The van der Waals surface area contributed by atoms with Crippen molar-refractivity contribution in [1.29, 1.82) is 0 Å². The van der Waals surface area contributed by atoms with Crippen molar-refractivity contribution in [2.24, 2.45) is 14.1 Å². The maximum atomic E-state index is 12.9. The number of aryl methyl sites for hydroxylation is 2. The number of imidazole rings is 1. The van der Waals surface area contributed by atoms with Crippen LogP contribution in [0.3, 0.4) is 0 Å². The van der Waals surface area contributed by atoms with Gasteiger partial charge in [0.05, 0.1) is 6.54 Å². The second-order valence-corrected chi connectivity index (χ2v) is 7.88. The average molecular weight is 413 g/mol. The molecule has 2 aromatic heterocycles. The van der Waals surface area contributed by atoms with Crippen LogP contribution in [0, 0.1) is 6.92 Å². The van der Waals surface area contributed by atoms with Gasteiger partial charge >= 0.3 is 5.69 Å². The van der Waals surface area contributed by atoms with Crippen molar-refractivity contribution in [3.63, 3.8) is 0 Å². The van der Waals surface area contributed by atoms with Crippen LogP contribution in [0.4, 0.5) is 5.95 Å². The van der Waals surface area contributed by atoms with Crippen molar-refractivity contribution in [2.75, 3.05) is 24.6 Å². The number of hydrogen-bond acceptors (Lipinski definition) is 6. The summed E-state index contributed by atoms with van der Waals surface area (Å²) < 4.78 is 9.92. The zero-order chi connectivity index (χ0) is 21.4. The molecule has 1 saturated heterocycles. The SMILES string of the molecule is Cc1cccc(OCC(O)Cn2c(N3CCCC3)nc3c2c(=O)n(C)c(=O)n3C)c1. The summed E-state index contributed by atoms with van der Waals surface area (Å²) in [7, 11) is 3.06. The standard InChI is InChI=1S/C21H27N5O4/c1-14-7-6-8-16(11-14)30-13-15(27)12-26-17-18(22-20(26)25-9-4-5-10-25)23(2)21(29)24(3)19(17)28/h6-8,11,15,27H,4-5,9-10,12-13H2,1-3H3. The highest BCUT2D eigenvalue weighted by molar-refractivity contribution is 5.74. The molecule has 1 unspecified atom stereocenters. The molecule has 160 valence electrons. The van der Waals surface area contributed by atoms with E-state index in [0.717, 1.165) is 36.1 Å². The predicted octanol–water partition coefficient (Wildman–Crippen LogP) is 0.782. The Morgan fingerprint density at radius 1 is 1.17 bits per heavy atom. The minimum Gasteiger partial charge on any atom is -0.491 e. The second-order valence-electron chi connectivity index (χ2n) is 7.88. The van der Waals surface area contributed by atoms with Gasteiger partial charge in [-0.2, -0.15) is 4.98 Å². The third-order valence-corrected chi connectivity index (χ3v) is 5.54. The van der Waals surface area contributed by atoms with Crippen LogP contribution in [0.1, 0.15) is 18.4 Å². The Morgan fingerprint density at radius 3 is 2.60 bits per heavy atom. The van der Waals surface area contributed by atoms with Gasteiger partial charge in [-0.25, -0.2) is 4.79 Å². The molecule has 1 aliphatic heterocycles. The minimum atomic E-state index is -0.855. The number of benzene rings is 1. The van der Waals surface area contributed by atoms with E-state index in [2.05, 4.69) is 9.88 Å². The molecular formula is C21H27N5O4. The number of nitrogens with zero attached hydrogens (tertiary/aromatic N) is 5. The van der Waals surface area contributed by atoms with Gasteiger partial charge in [0.15, 0.2) is 11.2 Å². The Labute approximate surface area is 173 Å². The Morgan fingerprint density at radius 2 is 1.90 bits per heavy atom. The van der Waals surface area contributed by atoms with Gasteiger partial charge < -0.3 is 19.3 Å². The molecule has 4 rings (SSSR count). The molecule has 9 heteroatoms. The summed E-state index contributed by atoms with van der Waals surface area (Å²) in [5.41, 5.74) is 0.877. The van der Waals surface area contributed by atoms with E-state index in [4.69, 9.17) is 4.74 Å². The number of ether oxygens (including phenoxy) is 1. The lowest BCUT2D eigenvalue weighted by molar-refractivity contribution is 0.0936. The fourth-order valence-corrected chi connectivity index (χ4v) is 3.93. The molecule has 30 heavy (non-hydrogen) atoms. The quantitative estimate of drug-likeness (QED) is 0.642. The highest BCUT2D eigenvalue weighted by Crippen LogP contribution is 2.24. The van der Waals surface area contributed by atoms with Crippen molar-refractivity contribution >= 4 is 17.1 Å². The molecule has 0 saturated carbocycles. The minimum absolute atomic E-state index is 0.0780. The first-order valence-corrected chi connectivity index (χ1v) is 10.2. The summed E-state index contributed by atoms with van der Waals surface area (Å²) in [6.45, 7) is 3.85. The van der Waals surface area contributed by atoms with Crippen LogP contribution in [-0.2, 0) is 20.6 Å². The second kappa shape index (κ2) is 7.98.